The molecule has 0 bridgehead atoms. The Morgan fingerprint density at radius 3 is 2.23 bits per heavy atom. The van der Waals surface area contributed by atoms with E-state index in [9.17, 15) is 32.3 Å². The van der Waals surface area contributed by atoms with Crippen molar-refractivity contribution < 1.29 is 32.2 Å². The van der Waals surface area contributed by atoms with Gasteiger partial charge in [0.15, 0.2) is 0 Å². The van der Waals surface area contributed by atoms with Gasteiger partial charge in [-0.2, -0.15) is 0 Å². The summed E-state index contributed by atoms with van der Waals surface area (Å²) in [4.78, 5) is 53.1. The fraction of sp³-hybridized carbons (Fsp3) is 0.185. The fourth-order valence-electron chi connectivity index (χ4n) is 3.98. The van der Waals surface area contributed by atoms with Gasteiger partial charge in [0.05, 0.1) is 29.6 Å². The number of carbonyl (C=O) groups is 2. The molecule has 9 nitrogen and oxygen atoms in total. The van der Waals surface area contributed by atoms with Crippen molar-refractivity contribution in [3.8, 4) is 5.75 Å². The minimum Gasteiger partial charge on any atom is -0.465 e. The zero-order valence-electron chi connectivity index (χ0n) is 20.7. The Kier molecular flexibility index (Phi) is 7.56. The van der Waals surface area contributed by atoms with Crippen LogP contribution in [0, 0.1) is 0 Å². The molecular weight excluding hydrogens is 519 g/mol. The molecule has 4 aromatic rings. The number of halogens is 3. The number of amides is 1. The third-order valence-electron chi connectivity index (χ3n) is 6.00. The second-order valence-corrected chi connectivity index (χ2v) is 8.53. The van der Waals surface area contributed by atoms with Crippen LogP contribution < -0.4 is 21.3 Å². The van der Waals surface area contributed by atoms with E-state index in [0.717, 1.165) is 16.7 Å². The minimum atomic E-state index is -4.80. The van der Waals surface area contributed by atoms with E-state index in [1.54, 1.807) is 19.1 Å². The van der Waals surface area contributed by atoms with Crippen LogP contribution in [-0.4, -0.2) is 34.9 Å². The van der Waals surface area contributed by atoms with Crippen LogP contribution in [0.5, 0.6) is 5.75 Å². The summed E-state index contributed by atoms with van der Waals surface area (Å²) in [6, 6.07) is 14.8. The largest absolute Gasteiger partial charge is 0.573 e. The van der Waals surface area contributed by atoms with Crippen LogP contribution in [0.3, 0.4) is 0 Å². The van der Waals surface area contributed by atoms with Crippen LogP contribution in [0.25, 0.3) is 10.9 Å². The number of nitrogens with zero attached hydrogens (tertiary/aromatic N) is 1. The highest BCUT2D eigenvalue weighted by atomic mass is 19.4. The summed E-state index contributed by atoms with van der Waals surface area (Å²) in [5.74, 6) is -1.43. The predicted octanol–water partition coefficient (Wildman–Crippen LogP) is 3.91. The molecular formula is C27H22F3N3O6. The van der Waals surface area contributed by atoms with Gasteiger partial charge >= 0.3 is 18.0 Å². The topological polar surface area (TPSA) is 119 Å². The Hall–Kier alpha value is -4.87. The van der Waals surface area contributed by atoms with E-state index in [1.165, 1.54) is 49.6 Å². The lowest BCUT2D eigenvalue weighted by molar-refractivity contribution is -0.274. The molecule has 0 saturated heterocycles. The van der Waals surface area contributed by atoms with Crippen LogP contribution in [0.4, 0.5) is 13.2 Å². The van der Waals surface area contributed by atoms with Crippen molar-refractivity contribution in [3.05, 3.63) is 110 Å². The Morgan fingerprint density at radius 2 is 1.62 bits per heavy atom. The van der Waals surface area contributed by atoms with E-state index in [0.29, 0.717) is 16.7 Å². The Labute approximate surface area is 218 Å². The number of rotatable bonds is 7. The van der Waals surface area contributed by atoms with Crippen LogP contribution in [0.2, 0.25) is 0 Å². The maximum atomic E-state index is 13.3. The highest BCUT2D eigenvalue weighted by Crippen LogP contribution is 2.23. The number of esters is 1. The number of hydrogen-bond donors (Lipinski definition) is 2. The van der Waals surface area contributed by atoms with Crippen LogP contribution in [-0.2, 0) is 11.3 Å². The number of H-pyrrole nitrogens is 1. The molecule has 1 amide bonds. The van der Waals surface area contributed by atoms with Crippen molar-refractivity contribution in [2.24, 2.45) is 0 Å². The van der Waals surface area contributed by atoms with Gasteiger partial charge in [-0.15, -0.1) is 13.2 Å². The predicted molar refractivity (Wildman–Crippen MR) is 135 cm³/mol. The lowest BCUT2D eigenvalue weighted by atomic mass is 10.1. The number of carbonyl (C=O) groups excluding carboxylic acids is 2. The quantitative estimate of drug-likeness (QED) is 0.343. The molecule has 202 valence electrons. The molecule has 0 saturated carbocycles. The second kappa shape index (κ2) is 10.9. The van der Waals surface area contributed by atoms with Crippen LogP contribution in [0.1, 0.15) is 44.8 Å². The van der Waals surface area contributed by atoms with E-state index in [-0.39, 0.29) is 28.8 Å². The van der Waals surface area contributed by atoms with Crippen molar-refractivity contribution >= 4 is 22.8 Å². The summed E-state index contributed by atoms with van der Waals surface area (Å²) in [7, 11) is 1.26. The van der Waals surface area contributed by atoms with Gasteiger partial charge < -0.3 is 19.8 Å². The Bertz CT molecular complexity index is 1640. The molecule has 0 radical (unpaired) electrons. The molecule has 0 fully saturated rings. The third-order valence-corrected chi connectivity index (χ3v) is 6.00. The molecule has 0 aliphatic rings. The standard InChI is InChI=1S/C27H22F3N3O6/c1-15(17-5-7-18(8-6-17)25(36)38-2)33-24(35)21-13-19(9-12-22(21)32-26(33)37)23(34)31-14-16-3-10-20(11-4-16)39-27(28,29)30/h3-13,15H,14H2,1-2H3,(H,31,34)(H,32,37). The Balaban J connectivity index is 1.55. The monoisotopic (exact) mass is 541 g/mol. The molecule has 0 spiro atoms. The number of aromatic nitrogens is 2. The average Bonchev–Trinajstić information content (AvgIpc) is 2.91. The lowest BCUT2D eigenvalue weighted by Gasteiger charge is -2.16. The molecule has 4 rings (SSSR count). The van der Waals surface area contributed by atoms with Gasteiger partial charge in [-0.3, -0.25) is 14.2 Å². The highest BCUT2D eigenvalue weighted by molar-refractivity contribution is 5.97. The van der Waals surface area contributed by atoms with E-state index < -0.39 is 35.5 Å². The number of alkyl halides is 3. The summed E-state index contributed by atoms with van der Waals surface area (Å²) >= 11 is 0. The number of fused-ring (bicyclic) bond motifs is 1. The zero-order chi connectivity index (χ0) is 28.3. The molecule has 39 heavy (non-hydrogen) atoms. The van der Waals surface area contributed by atoms with Gasteiger partial charge in [0.1, 0.15) is 5.75 Å². The number of hydrogen-bond acceptors (Lipinski definition) is 6. The average molecular weight is 541 g/mol. The van der Waals surface area contributed by atoms with Gasteiger partial charge in [0.2, 0.25) is 0 Å². The smallest absolute Gasteiger partial charge is 0.465 e. The van der Waals surface area contributed by atoms with E-state index in [4.69, 9.17) is 0 Å². The van der Waals surface area contributed by atoms with Crippen molar-refractivity contribution in [1.29, 1.82) is 0 Å². The van der Waals surface area contributed by atoms with Gasteiger partial charge in [0, 0.05) is 12.1 Å². The van der Waals surface area contributed by atoms with Crippen LogP contribution >= 0.6 is 0 Å². The van der Waals surface area contributed by atoms with Gasteiger partial charge in [0.25, 0.3) is 11.5 Å². The number of methoxy groups -OCH3 is 1. The Morgan fingerprint density at radius 1 is 0.974 bits per heavy atom. The fourth-order valence-corrected chi connectivity index (χ4v) is 3.98. The molecule has 12 heteroatoms. The number of benzene rings is 3. The molecule has 3 aromatic carbocycles. The summed E-state index contributed by atoms with van der Waals surface area (Å²) in [5, 5.41) is 2.75. The number of aromatic amines is 1. The molecule has 1 unspecified atom stereocenters. The molecule has 1 atom stereocenters. The van der Waals surface area contributed by atoms with E-state index in [2.05, 4.69) is 19.8 Å². The number of nitrogens with one attached hydrogen (secondary N) is 2. The van der Waals surface area contributed by atoms with Gasteiger partial charge in [-0.05, 0) is 60.5 Å². The first-order valence-electron chi connectivity index (χ1n) is 11.6. The first-order chi connectivity index (χ1) is 18.5. The van der Waals surface area contributed by atoms with Crippen molar-refractivity contribution in [1.82, 2.24) is 14.9 Å². The van der Waals surface area contributed by atoms with E-state index >= 15 is 0 Å². The van der Waals surface area contributed by atoms with Crippen LogP contribution in [0.15, 0.2) is 76.3 Å². The normalized spacial score (nSPS) is 12.1. The molecule has 2 N–H and O–H groups in total. The third kappa shape index (κ3) is 6.17. The summed E-state index contributed by atoms with van der Waals surface area (Å²) in [6.45, 7) is 1.66. The highest BCUT2D eigenvalue weighted by Gasteiger charge is 2.31. The maximum absolute atomic E-state index is 13.3. The first kappa shape index (κ1) is 27.2. The van der Waals surface area contributed by atoms with Crippen molar-refractivity contribution in [3.63, 3.8) is 0 Å². The van der Waals surface area contributed by atoms with Gasteiger partial charge in [-0.25, -0.2) is 9.59 Å². The first-order valence-corrected chi connectivity index (χ1v) is 11.6. The number of ether oxygens (including phenoxy) is 2. The summed E-state index contributed by atoms with van der Waals surface area (Å²) in [5.41, 5.74) is 0.555. The minimum absolute atomic E-state index is 0.0115. The zero-order valence-corrected chi connectivity index (χ0v) is 20.7. The van der Waals surface area contributed by atoms with Crippen molar-refractivity contribution in [2.45, 2.75) is 25.9 Å². The molecule has 0 aliphatic carbocycles. The molecule has 1 aromatic heterocycles. The maximum Gasteiger partial charge on any atom is 0.573 e. The van der Waals surface area contributed by atoms with Crippen molar-refractivity contribution in [2.75, 3.05) is 7.11 Å². The summed E-state index contributed by atoms with van der Waals surface area (Å²) in [6.07, 6.45) is -4.80. The lowest BCUT2D eigenvalue weighted by Crippen LogP contribution is -2.37. The molecule has 1 heterocycles. The summed E-state index contributed by atoms with van der Waals surface area (Å²) < 4.78 is 46.5. The van der Waals surface area contributed by atoms with E-state index in [1.807, 2.05) is 0 Å². The van der Waals surface area contributed by atoms with Gasteiger partial charge in [-0.1, -0.05) is 24.3 Å². The second-order valence-electron chi connectivity index (χ2n) is 8.53. The molecule has 0 aliphatic heterocycles. The SMILES string of the molecule is COC(=O)c1ccc(C(C)n2c(=O)[nH]c3ccc(C(=O)NCc4ccc(OC(F)(F)F)cc4)cc3c2=O)cc1.